The predicted octanol–water partition coefficient (Wildman–Crippen LogP) is 3.50. The first kappa shape index (κ1) is 25.6. The molecule has 1 saturated heterocycles. The standard InChI is InChI=1S/C19H24N4O.3ClH/c1-14-5-3-7-17(21-14)12-23(19(24)16-9-10-20-11-16)13-18-8-4-6-15(2)22-18;;;/h3-8,16,20H,9-13H2,1-2H3;3*1H. The van der Waals surface area contributed by atoms with Crippen molar-refractivity contribution in [1.82, 2.24) is 20.2 Å². The van der Waals surface area contributed by atoms with E-state index in [1.165, 1.54) is 0 Å². The van der Waals surface area contributed by atoms with Gasteiger partial charge in [0.1, 0.15) is 0 Å². The number of nitrogens with zero attached hydrogens (tertiary/aromatic N) is 3. The Morgan fingerprint density at radius 3 is 1.93 bits per heavy atom. The van der Waals surface area contributed by atoms with Crippen molar-refractivity contribution in [2.75, 3.05) is 13.1 Å². The van der Waals surface area contributed by atoms with Crippen LogP contribution in [0.3, 0.4) is 0 Å². The molecule has 3 rings (SSSR count). The second-order valence-electron chi connectivity index (χ2n) is 6.42. The molecule has 3 heterocycles. The second kappa shape index (κ2) is 12.1. The average molecular weight is 434 g/mol. The fourth-order valence-electron chi connectivity index (χ4n) is 3.10. The summed E-state index contributed by atoms with van der Waals surface area (Å²) in [5.74, 6) is 0.242. The second-order valence-corrected chi connectivity index (χ2v) is 6.42. The number of amides is 1. The highest BCUT2D eigenvalue weighted by Crippen LogP contribution is 2.16. The molecular weight excluding hydrogens is 407 g/mol. The highest BCUT2D eigenvalue weighted by atomic mass is 35.5. The Kier molecular flexibility index (Phi) is 11.5. The van der Waals surface area contributed by atoms with E-state index in [0.29, 0.717) is 13.1 Å². The van der Waals surface area contributed by atoms with Crippen molar-refractivity contribution in [1.29, 1.82) is 0 Å². The van der Waals surface area contributed by atoms with Crippen molar-refractivity contribution in [3.05, 3.63) is 59.2 Å². The van der Waals surface area contributed by atoms with Crippen molar-refractivity contribution in [3.8, 4) is 0 Å². The van der Waals surface area contributed by atoms with E-state index in [4.69, 9.17) is 0 Å². The van der Waals surface area contributed by atoms with Crippen LogP contribution in [0.15, 0.2) is 36.4 Å². The summed E-state index contributed by atoms with van der Waals surface area (Å²) in [5.41, 5.74) is 3.77. The van der Waals surface area contributed by atoms with Crippen molar-refractivity contribution in [2.24, 2.45) is 5.92 Å². The molecule has 0 aliphatic carbocycles. The summed E-state index contributed by atoms with van der Waals surface area (Å²) in [6, 6.07) is 11.9. The van der Waals surface area contributed by atoms with Gasteiger partial charge in [-0.3, -0.25) is 14.8 Å². The minimum absolute atomic E-state index is 0. The smallest absolute Gasteiger partial charge is 0.227 e. The molecular formula is C19H27Cl3N4O. The first-order chi connectivity index (χ1) is 11.6. The molecule has 1 N–H and O–H groups in total. The minimum atomic E-state index is 0. The van der Waals surface area contributed by atoms with E-state index in [-0.39, 0.29) is 49.0 Å². The van der Waals surface area contributed by atoms with Crippen LogP contribution in [-0.4, -0.2) is 33.9 Å². The molecule has 0 aromatic carbocycles. The van der Waals surface area contributed by atoms with E-state index >= 15 is 0 Å². The van der Waals surface area contributed by atoms with Gasteiger partial charge in [-0.05, 0) is 51.1 Å². The number of carbonyl (C=O) groups is 1. The lowest BCUT2D eigenvalue weighted by Crippen LogP contribution is -2.36. The molecule has 0 radical (unpaired) electrons. The molecule has 150 valence electrons. The number of pyridine rings is 2. The van der Waals surface area contributed by atoms with Crippen LogP contribution < -0.4 is 5.32 Å². The number of aromatic nitrogens is 2. The van der Waals surface area contributed by atoms with Crippen LogP contribution in [0.25, 0.3) is 0 Å². The van der Waals surface area contributed by atoms with Gasteiger partial charge in [-0.1, -0.05) is 12.1 Å². The molecule has 2 aromatic rings. The monoisotopic (exact) mass is 432 g/mol. The molecule has 1 atom stereocenters. The molecule has 0 bridgehead atoms. The lowest BCUT2D eigenvalue weighted by molar-refractivity contribution is -0.136. The molecule has 5 nitrogen and oxygen atoms in total. The topological polar surface area (TPSA) is 58.1 Å². The van der Waals surface area contributed by atoms with E-state index in [0.717, 1.165) is 42.3 Å². The van der Waals surface area contributed by atoms with Crippen molar-refractivity contribution in [3.63, 3.8) is 0 Å². The van der Waals surface area contributed by atoms with Gasteiger partial charge < -0.3 is 10.2 Å². The zero-order valence-corrected chi connectivity index (χ0v) is 18.0. The number of nitrogens with one attached hydrogen (secondary N) is 1. The lowest BCUT2D eigenvalue weighted by Gasteiger charge is -2.25. The minimum Gasteiger partial charge on any atom is -0.331 e. The van der Waals surface area contributed by atoms with Crippen LogP contribution in [0.4, 0.5) is 0 Å². The maximum absolute atomic E-state index is 13.0. The van der Waals surface area contributed by atoms with E-state index in [1.807, 2.05) is 55.1 Å². The molecule has 8 heteroatoms. The first-order valence-electron chi connectivity index (χ1n) is 8.46. The van der Waals surface area contributed by atoms with Crippen LogP contribution in [0.5, 0.6) is 0 Å². The van der Waals surface area contributed by atoms with Gasteiger partial charge in [0.2, 0.25) is 5.91 Å². The number of carbonyl (C=O) groups excluding carboxylic acids is 1. The Bertz CT molecular complexity index is 676. The fraction of sp³-hybridized carbons (Fsp3) is 0.421. The highest BCUT2D eigenvalue weighted by molar-refractivity contribution is 5.86. The quantitative estimate of drug-likeness (QED) is 0.784. The van der Waals surface area contributed by atoms with Gasteiger partial charge in [-0.15, -0.1) is 37.2 Å². The summed E-state index contributed by atoms with van der Waals surface area (Å²) in [4.78, 5) is 23.9. The van der Waals surface area contributed by atoms with Crippen LogP contribution in [0.1, 0.15) is 29.2 Å². The number of halogens is 3. The summed E-state index contributed by atoms with van der Waals surface area (Å²) in [7, 11) is 0. The molecule has 1 aliphatic rings. The third kappa shape index (κ3) is 7.26. The average Bonchev–Trinajstić information content (AvgIpc) is 3.08. The Labute approximate surface area is 179 Å². The third-order valence-corrected chi connectivity index (χ3v) is 4.32. The molecule has 0 saturated carbocycles. The van der Waals surface area contributed by atoms with Crippen LogP contribution in [-0.2, 0) is 17.9 Å². The number of rotatable bonds is 5. The molecule has 27 heavy (non-hydrogen) atoms. The third-order valence-electron chi connectivity index (χ3n) is 4.32. The van der Waals surface area contributed by atoms with Gasteiger partial charge in [0, 0.05) is 17.9 Å². The molecule has 0 spiro atoms. The van der Waals surface area contributed by atoms with Crippen LogP contribution in [0.2, 0.25) is 0 Å². The summed E-state index contributed by atoms with van der Waals surface area (Å²) in [5, 5.41) is 3.28. The molecule has 2 aromatic heterocycles. The van der Waals surface area contributed by atoms with Gasteiger partial charge in [0.15, 0.2) is 0 Å². The van der Waals surface area contributed by atoms with Crippen molar-refractivity contribution in [2.45, 2.75) is 33.4 Å². The van der Waals surface area contributed by atoms with Crippen molar-refractivity contribution < 1.29 is 4.79 Å². The summed E-state index contributed by atoms with van der Waals surface area (Å²) < 4.78 is 0. The Balaban J connectivity index is 0.00000225. The number of aryl methyl sites for hydroxylation is 2. The Morgan fingerprint density at radius 2 is 1.52 bits per heavy atom. The predicted molar refractivity (Wildman–Crippen MR) is 115 cm³/mol. The maximum atomic E-state index is 13.0. The lowest BCUT2D eigenvalue weighted by atomic mass is 10.1. The Hall–Kier alpha value is -1.40. The van der Waals surface area contributed by atoms with E-state index in [9.17, 15) is 4.79 Å². The number of hydrogen-bond donors (Lipinski definition) is 1. The summed E-state index contributed by atoms with van der Waals surface area (Å²) >= 11 is 0. The number of hydrogen-bond acceptors (Lipinski definition) is 4. The van der Waals surface area contributed by atoms with Gasteiger partial charge in [0.25, 0.3) is 0 Å². The van der Waals surface area contributed by atoms with Crippen LogP contribution in [0, 0.1) is 19.8 Å². The molecule has 1 unspecified atom stereocenters. The SMILES string of the molecule is Cc1cccc(CN(Cc2cccc(C)n2)C(=O)C2CCNC2)n1.Cl.Cl.Cl. The van der Waals surface area contributed by atoms with Gasteiger partial charge in [-0.2, -0.15) is 0 Å². The highest BCUT2D eigenvalue weighted by Gasteiger charge is 2.27. The maximum Gasteiger partial charge on any atom is 0.227 e. The summed E-state index contributed by atoms with van der Waals surface area (Å²) in [6.07, 6.45) is 0.901. The van der Waals surface area contributed by atoms with Gasteiger partial charge >= 0.3 is 0 Å². The van der Waals surface area contributed by atoms with Gasteiger partial charge in [0.05, 0.1) is 30.4 Å². The fourth-order valence-corrected chi connectivity index (χ4v) is 3.10. The Morgan fingerprint density at radius 1 is 1.00 bits per heavy atom. The molecule has 1 amide bonds. The first-order valence-corrected chi connectivity index (χ1v) is 8.46. The van der Waals surface area contributed by atoms with Crippen LogP contribution >= 0.6 is 37.2 Å². The van der Waals surface area contributed by atoms with E-state index < -0.39 is 0 Å². The molecule has 1 aliphatic heterocycles. The van der Waals surface area contributed by atoms with Gasteiger partial charge in [-0.25, -0.2) is 0 Å². The normalized spacial score (nSPS) is 15.1. The van der Waals surface area contributed by atoms with Crippen molar-refractivity contribution >= 4 is 43.1 Å². The summed E-state index contributed by atoms with van der Waals surface area (Å²) in [6.45, 7) is 6.66. The molecule has 1 fully saturated rings. The zero-order chi connectivity index (χ0) is 16.9. The zero-order valence-electron chi connectivity index (χ0n) is 15.6. The van der Waals surface area contributed by atoms with E-state index in [1.54, 1.807) is 0 Å². The largest absolute Gasteiger partial charge is 0.331 e. The van der Waals surface area contributed by atoms with E-state index in [2.05, 4.69) is 15.3 Å².